The molecule has 82 valence electrons. The Balaban J connectivity index is 1.98. The molecule has 0 spiro atoms. The molecule has 0 bridgehead atoms. The van der Waals surface area contributed by atoms with Gasteiger partial charge in [-0.3, -0.25) is 0 Å². The third-order valence-electron chi connectivity index (χ3n) is 2.94. The fourth-order valence-electron chi connectivity index (χ4n) is 1.92. The van der Waals surface area contributed by atoms with Crippen molar-refractivity contribution in [1.29, 1.82) is 0 Å². The van der Waals surface area contributed by atoms with Crippen LogP contribution in [0.1, 0.15) is 30.9 Å². The molecule has 1 heterocycles. The van der Waals surface area contributed by atoms with Crippen molar-refractivity contribution >= 4 is 11.6 Å². The maximum Gasteiger partial charge on any atom is 0.122 e. The Morgan fingerprint density at radius 2 is 2.33 bits per heavy atom. The zero-order valence-corrected chi connectivity index (χ0v) is 9.89. The zero-order valence-electron chi connectivity index (χ0n) is 9.13. The Labute approximate surface area is 96.4 Å². The van der Waals surface area contributed by atoms with Crippen LogP contribution in [0.4, 0.5) is 0 Å². The molecule has 0 aromatic heterocycles. The van der Waals surface area contributed by atoms with Crippen LogP contribution in [0.2, 0.25) is 0 Å². The van der Waals surface area contributed by atoms with E-state index in [9.17, 15) is 0 Å². The number of hydrogen-bond acceptors (Lipinski definition) is 1. The smallest absolute Gasteiger partial charge is 0.122 e. The Bertz CT molecular complexity index is 335. The predicted octanol–water partition coefficient (Wildman–Crippen LogP) is 3.57. The van der Waals surface area contributed by atoms with Gasteiger partial charge in [0.2, 0.25) is 0 Å². The van der Waals surface area contributed by atoms with Gasteiger partial charge in [0.25, 0.3) is 0 Å². The van der Waals surface area contributed by atoms with Crippen LogP contribution in [0, 0.1) is 0 Å². The van der Waals surface area contributed by atoms with E-state index in [1.165, 1.54) is 11.1 Å². The molecule has 2 heteroatoms. The third-order valence-corrected chi connectivity index (χ3v) is 3.47. The van der Waals surface area contributed by atoms with Crippen LogP contribution in [-0.2, 0) is 12.8 Å². The van der Waals surface area contributed by atoms with Gasteiger partial charge in [-0.2, -0.15) is 0 Å². The van der Waals surface area contributed by atoms with Crippen molar-refractivity contribution in [3.63, 3.8) is 0 Å². The lowest BCUT2D eigenvalue weighted by molar-refractivity contribution is 0.357. The van der Waals surface area contributed by atoms with E-state index < -0.39 is 0 Å². The minimum absolute atomic E-state index is 0.314. The topological polar surface area (TPSA) is 9.23 Å². The number of benzene rings is 1. The second kappa shape index (κ2) is 4.89. The fraction of sp³-hybridized carbons (Fsp3) is 0.538. The molecule has 0 N–H and O–H groups in total. The first-order valence-electron chi connectivity index (χ1n) is 5.68. The van der Waals surface area contributed by atoms with Gasteiger partial charge in [0.15, 0.2) is 0 Å². The molecule has 0 radical (unpaired) electrons. The van der Waals surface area contributed by atoms with Gasteiger partial charge < -0.3 is 4.74 Å². The van der Waals surface area contributed by atoms with Gasteiger partial charge in [-0.1, -0.05) is 19.1 Å². The fourth-order valence-corrected chi connectivity index (χ4v) is 2.03. The van der Waals surface area contributed by atoms with Gasteiger partial charge in [0.05, 0.1) is 6.61 Å². The summed E-state index contributed by atoms with van der Waals surface area (Å²) in [5.41, 5.74) is 2.74. The van der Waals surface area contributed by atoms with E-state index in [1.54, 1.807) is 0 Å². The number of halogens is 1. The summed E-state index contributed by atoms with van der Waals surface area (Å²) >= 11 is 6.11. The molecule has 1 aliphatic heterocycles. The highest BCUT2D eigenvalue weighted by Gasteiger charge is 2.12. The average Bonchev–Trinajstić information content (AvgIpc) is 2.72. The molecule has 0 amide bonds. The normalized spacial score (nSPS) is 15.9. The quantitative estimate of drug-likeness (QED) is 0.711. The third kappa shape index (κ3) is 2.66. The Hall–Kier alpha value is -0.690. The van der Waals surface area contributed by atoms with Gasteiger partial charge >= 0.3 is 0 Å². The highest BCUT2D eigenvalue weighted by Crippen LogP contribution is 2.26. The minimum Gasteiger partial charge on any atom is -0.493 e. The van der Waals surface area contributed by atoms with Crippen LogP contribution < -0.4 is 4.74 Å². The molecule has 1 atom stereocenters. The molecule has 15 heavy (non-hydrogen) atoms. The molecule has 1 aliphatic rings. The van der Waals surface area contributed by atoms with E-state index in [4.69, 9.17) is 16.3 Å². The van der Waals surface area contributed by atoms with Crippen LogP contribution in [-0.4, -0.2) is 12.0 Å². The zero-order chi connectivity index (χ0) is 10.7. The summed E-state index contributed by atoms with van der Waals surface area (Å²) in [6.45, 7) is 2.97. The molecule has 1 aromatic carbocycles. The van der Waals surface area contributed by atoms with Crippen LogP contribution >= 0.6 is 11.6 Å². The maximum atomic E-state index is 6.11. The monoisotopic (exact) mass is 224 g/mol. The van der Waals surface area contributed by atoms with E-state index in [0.717, 1.165) is 38.0 Å². The number of fused-ring (bicyclic) bond motifs is 1. The summed E-state index contributed by atoms with van der Waals surface area (Å²) in [5.74, 6) is 1.07. The lowest BCUT2D eigenvalue weighted by Crippen LogP contribution is -1.98. The highest BCUT2D eigenvalue weighted by molar-refractivity contribution is 6.20. The first-order chi connectivity index (χ1) is 7.29. The molecule has 2 rings (SSSR count). The summed E-state index contributed by atoms with van der Waals surface area (Å²) in [5, 5.41) is 0.314. The van der Waals surface area contributed by atoms with E-state index in [-0.39, 0.29) is 0 Å². The standard InChI is InChI=1S/C13H17ClO/c1-2-12(14)5-3-10-4-6-13-11(9-10)7-8-15-13/h4,6,9,12H,2-3,5,7-8H2,1H3. The minimum atomic E-state index is 0.314. The summed E-state index contributed by atoms with van der Waals surface area (Å²) in [6.07, 6.45) is 4.25. The molecule has 0 aliphatic carbocycles. The molecule has 1 unspecified atom stereocenters. The summed E-state index contributed by atoms with van der Waals surface area (Å²) in [6, 6.07) is 6.51. The molecule has 0 fully saturated rings. The lowest BCUT2D eigenvalue weighted by Gasteiger charge is -2.07. The summed E-state index contributed by atoms with van der Waals surface area (Å²) in [7, 11) is 0. The number of hydrogen-bond donors (Lipinski definition) is 0. The SMILES string of the molecule is CCC(Cl)CCc1ccc2c(c1)CCO2. The van der Waals surface area contributed by atoms with Crippen molar-refractivity contribution in [2.45, 2.75) is 38.0 Å². The highest BCUT2D eigenvalue weighted by atomic mass is 35.5. The van der Waals surface area contributed by atoms with Crippen molar-refractivity contribution < 1.29 is 4.74 Å². The maximum absolute atomic E-state index is 6.11. The van der Waals surface area contributed by atoms with Crippen molar-refractivity contribution in [3.8, 4) is 5.75 Å². The van der Waals surface area contributed by atoms with Crippen molar-refractivity contribution in [1.82, 2.24) is 0 Å². The van der Waals surface area contributed by atoms with Gasteiger partial charge in [0.1, 0.15) is 5.75 Å². The van der Waals surface area contributed by atoms with E-state index in [1.807, 2.05) is 0 Å². The molecular formula is C13H17ClO. The number of ether oxygens (including phenoxy) is 1. The molecule has 1 aromatic rings. The van der Waals surface area contributed by atoms with Crippen molar-refractivity contribution in [2.24, 2.45) is 0 Å². The van der Waals surface area contributed by atoms with E-state index in [2.05, 4.69) is 25.1 Å². The molecule has 1 nitrogen and oxygen atoms in total. The predicted molar refractivity (Wildman–Crippen MR) is 63.9 cm³/mol. The second-order valence-corrected chi connectivity index (χ2v) is 4.70. The number of rotatable bonds is 4. The van der Waals surface area contributed by atoms with Gasteiger partial charge in [-0.05, 0) is 36.5 Å². The van der Waals surface area contributed by atoms with E-state index in [0.29, 0.717) is 5.38 Å². The summed E-state index contributed by atoms with van der Waals surface area (Å²) < 4.78 is 5.47. The largest absolute Gasteiger partial charge is 0.493 e. The summed E-state index contributed by atoms with van der Waals surface area (Å²) in [4.78, 5) is 0. The average molecular weight is 225 g/mol. The number of aryl methyl sites for hydroxylation is 1. The van der Waals surface area contributed by atoms with Crippen molar-refractivity contribution in [3.05, 3.63) is 29.3 Å². The molecule has 0 saturated carbocycles. The first kappa shape index (κ1) is 10.8. The molecule has 0 saturated heterocycles. The Morgan fingerprint density at radius 3 is 3.13 bits per heavy atom. The Kier molecular flexibility index (Phi) is 3.53. The van der Waals surface area contributed by atoms with Gasteiger partial charge in [0, 0.05) is 11.8 Å². The molecular weight excluding hydrogens is 208 g/mol. The van der Waals surface area contributed by atoms with Gasteiger partial charge in [-0.15, -0.1) is 11.6 Å². The van der Waals surface area contributed by atoms with Crippen LogP contribution in [0.3, 0.4) is 0 Å². The first-order valence-corrected chi connectivity index (χ1v) is 6.12. The Morgan fingerprint density at radius 1 is 1.47 bits per heavy atom. The van der Waals surface area contributed by atoms with Gasteiger partial charge in [-0.25, -0.2) is 0 Å². The van der Waals surface area contributed by atoms with Crippen LogP contribution in [0.15, 0.2) is 18.2 Å². The van der Waals surface area contributed by atoms with Crippen LogP contribution in [0.25, 0.3) is 0 Å². The van der Waals surface area contributed by atoms with Crippen molar-refractivity contribution in [2.75, 3.05) is 6.61 Å². The lowest BCUT2D eigenvalue weighted by atomic mass is 10.0. The van der Waals surface area contributed by atoms with E-state index >= 15 is 0 Å². The second-order valence-electron chi connectivity index (χ2n) is 4.08. The van der Waals surface area contributed by atoms with Crippen LogP contribution in [0.5, 0.6) is 5.75 Å². The number of alkyl halides is 1.